The maximum atomic E-state index is 6.36. The largest absolute Gasteiger partial charge is 0.484 e. The van der Waals surface area contributed by atoms with Crippen molar-refractivity contribution in [2.24, 2.45) is 0 Å². The number of hydrogen-bond acceptors (Lipinski definition) is 4. The average molecular weight is 279 g/mol. The van der Waals surface area contributed by atoms with E-state index in [0.29, 0.717) is 23.3 Å². The van der Waals surface area contributed by atoms with Crippen LogP contribution in [0.15, 0.2) is 18.2 Å². The lowest BCUT2D eigenvalue weighted by molar-refractivity contribution is -0.0723. The molecule has 1 aliphatic heterocycles. The van der Waals surface area contributed by atoms with Crippen molar-refractivity contribution in [2.45, 2.75) is 12.5 Å². The predicted octanol–water partition coefficient (Wildman–Crippen LogP) is 2.86. The van der Waals surface area contributed by atoms with E-state index in [1.165, 1.54) is 0 Å². The van der Waals surface area contributed by atoms with Crippen LogP contribution >= 0.6 is 11.6 Å². The predicted molar refractivity (Wildman–Crippen MR) is 72.0 cm³/mol. The number of fused-ring (bicyclic) bond motifs is 1. The molecule has 0 N–H and O–H groups in total. The van der Waals surface area contributed by atoms with Crippen LogP contribution in [0.1, 0.15) is 6.42 Å². The molecule has 0 saturated carbocycles. The van der Waals surface area contributed by atoms with E-state index in [2.05, 4.69) is 11.1 Å². The minimum atomic E-state index is 0.138. The molecule has 1 saturated heterocycles. The second kappa shape index (κ2) is 5.23. The van der Waals surface area contributed by atoms with Crippen LogP contribution in [0.5, 0.6) is 11.6 Å². The van der Waals surface area contributed by atoms with Gasteiger partial charge in [0, 0.05) is 18.4 Å². The summed E-state index contributed by atoms with van der Waals surface area (Å²) in [5.41, 5.74) is 0.757. The quantitative estimate of drug-likeness (QED) is 0.862. The Labute approximate surface area is 116 Å². The minimum absolute atomic E-state index is 0.138. The van der Waals surface area contributed by atoms with Crippen LogP contribution in [0.2, 0.25) is 5.02 Å². The van der Waals surface area contributed by atoms with Crippen LogP contribution in [0.4, 0.5) is 0 Å². The van der Waals surface area contributed by atoms with Gasteiger partial charge in [-0.15, -0.1) is 0 Å². The molecule has 1 radical (unpaired) electrons. The third kappa shape index (κ3) is 2.33. The molecule has 1 aromatic carbocycles. The fourth-order valence-electron chi connectivity index (χ4n) is 1.93. The van der Waals surface area contributed by atoms with E-state index in [0.717, 1.165) is 23.9 Å². The van der Waals surface area contributed by atoms with Crippen molar-refractivity contribution in [1.29, 1.82) is 0 Å². The van der Waals surface area contributed by atoms with Gasteiger partial charge in [0.1, 0.15) is 6.61 Å². The Kier molecular flexibility index (Phi) is 3.44. The van der Waals surface area contributed by atoms with Crippen molar-refractivity contribution in [2.75, 3.05) is 20.3 Å². The Balaban J connectivity index is 1.97. The van der Waals surface area contributed by atoms with Gasteiger partial charge in [-0.25, -0.2) is 4.98 Å². The van der Waals surface area contributed by atoms with E-state index in [1.54, 1.807) is 19.2 Å². The van der Waals surface area contributed by atoms with Crippen LogP contribution in [0.3, 0.4) is 0 Å². The van der Waals surface area contributed by atoms with Gasteiger partial charge < -0.3 is 14.2 Å². The normalized spacial score (nSPS) is 18.1. The molecule has 19 heavy (non-hydrogen) atoms. The topological polar surface area (TPSA) is 40.6 Å². The highest BCUT2D eigenvalue weighted by Gasteiger charge is 2.22. The Bertz CT molecular complexity index is 599. The molecule has 4 nitrogen and oxygen atoms in total. The van der Waals surface area contributed by atoms with Crippen LogP contribution < -0.4 is 9.47 Å². The van der Waals surface area contributed by atoms with Crippen LogP contribution in [-0.4, -0.2) is 31.4 Å². The summed E-state index contributed by atoms with van der Waals surface area (Å²) in [6.45, 7) is 1.25. The van der Waals surface area contributed by atoms with Gasteiger partial charge in [0.15, 0.2) is 0 Å². The smallest absolute Gasteiger partial charge is 0.258 e. The lowest BCUT2D eigenvalue weighted by Crippen LogP contribution is -2.32. The first-order valence-corrected chi connectivity index (χ1v) is 6.45. The van der Waals surface area contributed by atoms with Crippen molar-refractivity contribution in [3.05, 3.63) is 29.3 Å². The summed E-state index contributed by atoms with van der Waals surface area (Å²) < 4.78 is 16.3. The molecule has 3 rings (SSSR count). The number of ether oxygens (including phenoxy) is 3. The van der Waals surface area contributed by atoms with Crippen LogP contribution in [0, 0.1) is 6.07 Å². The first-order valence-electron chi connectivity index (χ1n) is 6.07. The molecule has 1 aromatic heterocycles. The summed E-state index contributed by atoms with van der Waals surface area (Å²) in [4.78, 5) is 4.38. The molecular weight excluding hydrogens is 266 g/mol. The highest BCUT2D eigenvalue weighted by atomic mass is 35.5. The number of benzene rings is 1. The van der Waals surface area contributed by atoms with Crippen LogP contribution in [-0.2, 0) is 4.74 Å². The number of pyridine rings is 1. The number of aromatic nitrogens is 1. The zero-order valence-electron chi connectivity index (χ0n) is 10.5. The van der Waals surface area contributed by atoms with Crippen molar-refractivity contribution < 1.29 is 14.2 Å². The van der Waals surface area contributed by atoms with Crippen molar-refractivity contribution in [1.82, 2.24) is 4.98 Å². The molecular formula is C14H13ClNO3. The monoisotopic (exact) mass is 278 g/mol. The lowest BCUT2D eigenvalue weighted by atomic mass is 10.2. The van der Waals surface area contributed by atoms with E-state index >= 15 is 0 Å². The fourth-order valence-corrected chi connectivity index (χ4v) is 2.21. The SMILES string of the molecule is COc1nc2cc[c]cc2c(Cl)c1OCC1CCO1. The third-order valence-corrected chi connectivity index (χ3v) is 3.47. The highest BCUT2D eigenvalue weighted by molar-refractivity contribution is 6.37. The minimum Gasteiger partial charge on any atom is -0.484 e. The molecule has 2 heterocycles. The number of methoxy groups -OCH3 is 1. The van der Waals surface area contributed by atoms with E-state index in [4.69, 9.17) is 25.8 Å². The molecule has 0 amide bonds. The van der Waals surface area contributed by atoms with Crippen LogP contribution in [0.25, 0.3) is 10.9 Å². The van der Waals surface area contributed by atoms with Gasteiger partial charge >= 0.3 is 0 Å². The zero-order chi connectivity index (χ0) is 13.2. The van der Waals surface area contributed by atoms with Gasteiger partial charge in [-0.1, -0.05) is 17.7 Å². The van der Waals surface area contributed by atoms with Gasteiger partial charge in [-0.3, -0.25) is 0 Å². The van der Waals surface area contributed by atoms with Gasteiger partial charge in [-0.05, 0) is 18.2 Å². The average Bonchev–Trinajstić information content (AvgIpc) is 2.39. The fraction of sp³-hybridized carbons (Fsp3) is 0.357. The highest BCUT2D eigenvalue weighted by Crippen LogP contribution is 2.38. The van der Waals surface area contributed by atoms with E-state index in [-0.39, 0.29) is 6.10 Å². The summed E-state index contributed by atoms with van der Waals surface area (Å²) in [6, 6.07) is 8.39. The maximum absolute atomic E-state index is 6.36. The zero-order valence-corrected chi connectivity index (χ0v) is 11.2. The molecule has 99 valence electrons. The van der Waals surface area contributed by atoms with E-state index in [9.17, 15) is 0 Å². The van der Waals surface area contributed by atoms with Crippen molar-refractivity contribution in [3.63, 3.8) is 0 Å². The Hall–Kier alpha value is -1.52. The number of hydrogen-bond donors (Lipinski definition) is 0. The first-order chi connectivity index (χ1) is 9.29. The Morgan fingerprint density at radius 2 is 2.42 bits per heavy atom. The number of halogens is 1. The summed E-state index contributed by atoms with van der Waals surface area (Å²) in [5.74, 6) is 0.856. The lowest BCUT2D eigenvalue weighted by Gasteiger charge is -2.26. The molecule has 1 unspecified atom stereocenters. The van der Waals surface area contributed by atoms with Crippen molar-refractivity contribution >= 4 is 22.5 Å². The standard InChI is InChI=1S/C14H13ClNO3/c1-17-14-13(19-8-9-6-7-18-9)12(15)10-4-2-3-5-11(10)16-14/h3-5,9H,6-8H2,1H3. The summed E-state index contributed by atoms with van der Waals surface area (Å²) in [5, 5.41) is 1.30. The van der Waals surface area contributed by atoms with E-state index in [1.807, 2.05) is 6.07 Å². The molecule has 5 heteroatoms. The van der Waals surface area contributed by atoms with Gasteiger partial charge in [0.25, 0.3) is 5.88 Å². The third-order valence-electron chi connectivity index (χ3n) is 3.09. The molecule has 0 bridgehead atoms. The summed E-state index contributed by atoms with van der Waals surface area (Å²) in [6.07, 6.45) is 1.15. The number of rotatable bonds is 4. The molecule has 1 aliphatic rings. The molecule has 0 spiro atoms. The molecule has 1 atom stereocenters. The summed E-state index contributed by atoms with van der Waals surface area (Å²) in [7, 11) is 1.55. The van der Waals surface area contributed by atoms with Gasteiger partial charge in [0.05, 0.1) is 23.8 Å². The molecule has 2 aromatic rings. The Morgan fingerprint density at radius 1 is 1.58 bits per heavy atom. The van der Waals surface area contributed by atoms with Crippen molar-refractivity contribution in [3.8, 4) is 11.6 Å². The Morgan fingerprint density at radius 3 is 3.11 bits per heavy atom. The maximum Gasteiger partial charge on any atom is 0.258 e. The molecule has 0 aliphatic carbocycles. The summed E-state index contributed by atoms with van der Waals surface area (Å²) >= 11 is 6.36. The first kappa shape index (κ1) is 12.5. The van der Waals surface area contributed by atoms with Gasteiger partial charge in [0.2, 0.25) is 5.75 Å². The van der Waals surface area contributed by atoms with E-state index < -0.39 is 0 Å². The van der Waals surface area contributed by atoms with Gasteiger partial charge in [-0.2, -0.15) is 0 Å². The number of nitrogens with zero attached hydrogens (tertiary/aromatic N) is 1. The molecule has 1 fully saturated rings. The second-order valence-corrected chi connectivity index (χ2v) is 4.68. The second-order valence-electron chi connectivity index (χ2n) is 4.30.